The summed E-state index contributed by atoms with van der Waals surface area (Å²) in [6, 6.07) is 5.11. The van der Waals surface area contributed by atoms with E-state index in [9.17, 15) is 8.42 Å². The smallest absolute Gasteiger partial charge is 0.244 e. The molecule has 0 atom stereocenters. The number of benzene rings is 1. The van der Waals surface area contributed by atoms with Gasteiger partial charge in [-0.3, -0.25) is 0 Å². The second-order valence-corrected chi connectivity index (χ2v) is 5.64. The van der Waals surface area contributed by atoms with Crippen molar-refractivity contribution in [2.75, 3.05) is 13.7 Å². The van der Waals surface area contributed by atoms with Crippen molar-refractivity contribution in [3.05, 3.63) is 23.8 Å². The highest BCUT2D eigenvalue weighted by Gasteiger charge is 2.18. The number of hydrogen-bond donors (Lipinski definition) is 1. The van der Waals surface area contributed by atoms with Crippen LogP contribution < -0.4 is 9.46 Å². The predicted octanol–water partition coefficient (Wildman–Crippen LogP) is 2.08. The van der Waals surface area contributed by atoms with E-state index < -0.39 is 10.0 Å². The molecule has 0 spiro atoms. The van der Waals surface area contributed by atoms with Crippen molar-refractivity contribution in [2.24, 2.45) is 0 Å². The zero-order valence-electron chi connectivity index (χ0n) is 10.5. The number of methoxy groups -OCH3 is 1. The van der Waals surface area contributed by atoms with Crippen molar-refractivity contribution in [1.29, 1.82) is 0 Å². The van der Waals surface area contributed by atoms with Crippen molar-refractivity contribution >= 4 is 10.0 Å². The van der Waals surface area contributed by atoms with Gasteiger partial charge in [0.15, 0.2) is 0 Å². The molecule has 1 aromatic rings. The lowest BCUT2D eigenvalue weighted by molar-refractivity contribution is 0.402. The number of aryl methyl sites for hydroxylation is 1. The molecule has 5 heteroatoms. The van der Waals surface area contributed by atoms with Crippen molar-refractivity contribution in [2.45, 2.75) is 31.6 Å². The molecule has 0 aliphatic heterocycles. The monoisotopic (exact) mass is 257 g/mol. The maximum Gasteiger partial charge on any atom is 0.244 e. The molecular formula is C12H19NO3S. The highest BCUT2D eigenvalue weighted by molar-refractivity contribution is 7.89. The minimum Gasteiger partial charge on any atom is -0.495 e. The van der Waals surface area contributed by atoms with Crippen LogP contribution in [0, 0.1) is 6.92 Å². The van der Waals surface area contributed by atoms with Gasteiger partial charge in [-0.2, -0.15) is 0 Å². The topological polar surface area (TPSA) is 55.4 Å². The van der Waals surface area contributed by atoms with Gasteiger partial charge in [0.1, 0.15) is 10.6 Å². The third-order valence-corrected chi connectivity index (χ3v) is 3.91. The van der Waals surface area contributed by atoms with E-state index in [1.165, 1.54) is 7.11 Å². The van der Waals surface area contributed by atoms with Crippen LogP contribution in [0.3, 0.4) is 0 Å². The summed E-state index contributed by atoms with van der Waals surface area (Å²) < 4.78 is 31.7. The summed E-state index contributed by atoms with van der Waals surface area (Å²) in [5.74, 6) is 0.375. The van der Waals surface area contributed by atoms with E-state index in [0.717, 1.165) is 18.4 Å². The summed E-state index contributed by atoms with van der Waals surface area (Å²) in [6.45, 7) is 4.32. The number of rotatable bonds is 6. The largest absolute Gasteiger partial charge is 0.495 e. The molecule has 17 heavy (non-hydrogen) atoms. The van der Waals surface area contributed by atoms with E-state index in [0.29, 0.717) is 12.3 Å². The summed E-state index contributed by atoms with van der Waals surface area (Å²) in [5, 5.41) is 0. The minimum absolute atomic E-state index is 0.205. The first-order chi connectivity index (χ1) is 8.01. The highest BCUT2D eigenvalue weighted by Crippen LogP contribution is 2.24. The number of ether oxygens (including phenoxy) is 1. The molecule has 1 aromatic carbocycles. The van der Waals surface area contributed by atoms with E-state index in [4.69, 9.17) is 4.74 Å². The van der Waals surface area contributed by atoms with Crippen molar-refractivity contribution in [1.82, 2.24) is 4.72 Å². The first kappa shape index (κ1) is 14.0. The predicted molar refractivity (Wildman–Crippen MR) is 67.8 cm³/mol. The van der Waals surface area contributed by atoms with Crippen molar-refractivity contribution < 1.29 is 13.2 Å². The molecule has 0 aliphatic rings. The minimum atomic E-state index is -3.47. The SMILES string of the molecule is CCCCNS(=O)(=O)c1cc(C)ccc1OC. The standard InChI is InChI=1S/C12H19NO3S/c1-4-5-8-13-17(14,15)12-9-10(2)6-7-11(12)16-3/h6-7,9,13H,4-5,8H2,1-3H3. The van der Waals surface area contributed by atoms with E-state index >= 15 is 0 Å². The molecule has 1 rings (SSSR count). The number of sulfonamides is 1. The van der Waals surface area contributed by atoms with Crippen LogP contribution in [0.25, 0.3) is 0 Å². The zero-order valence-corrected chi connectivity index (χ0v) is 11.3. The number of unbranched alkanes of at least 4 members (excludes halogenated alkanes) is 1. The van der Waals surface area contributed by atoms with Crippen molar-refractivity contribution in [3.63, 3.8) is 0 Å². The molecular weight excluding hydrogens is 238 g/mol. The van der Waals surface area contributed by atoms with E-state index in [1.807, 2.05) is 19.9 Å². The lowest BCUT2D eigenvalue weighted by Crippen LogP contribution is -2.25. The molecule has 0 heterocycles. The summed E-state index contributed by atoms with van der Waals surface area (Å²) in [7, 11) is -2.00. The van der Waals surface area contributed by atoms with Crippen LogP contribution in [-0.2, 0) is 10.0 Å². The Bertz CT molecular complexity index is 469. The fourth-order valence-corrected chi connectivity index (χ4v) is 2.78. The van der Waals surface area contributed by atoms with E-state index in [1.54, 1.807) is 12.1 Å². The zero-order chi connectivity index (χ0) is 12.9. The Kier molecular flexibility index (Phi) is 4.96. The van der Waals surface area contributed by atoms with Crippen LogP contribution in [0.5, 0.6) is 5.75 Å². The molecule has 1 N–H and O–H groups in total. The molecule has 0 radical (unpaired) electrons. The summed E-state index contributed by atoms with van der Waals surface area (Å²) in [6.07, 6.45) is 1.78. The average molecular weight is 257 g/mol. The van der Waals surface area contributed by atoms with E-state index in [-0.39, 0.29) is 4.90 Å². The third-order valence-electron chi connectivity index (χ3n) is 2.43. The van der Waals surface area contributed by atoms with Gasteiger partial charge in [-0.1, -0.05) is 19.4 Å². The molecule has 4 nitrogen and oxygen atoms in total. The Hall–Kier alpha value is -1.07. The quantitative estimate of drug-likeness (QED) is 0.794. The van der Waals surface area contributed by atoms with Crippen LogP contribution >= 0.6 is 0 Å². The molecule has 0 aromatic heterocycles. The van der Waals surface area contributed by atoms with Crippen LogP contribution in [0.2, 0.25) is 0 Å². The van der Waals surface area contributed by atoms with Gasteiger partial charge in [0.25, 0.3) is 0 Å². The summed E-state index contributed by atoms with van der Waals surface area (Å²) >= 11 is 0. The van der Waals surface area contributed by atoms with Gasteiger partial charge in [-0.25, -0.2) is 13.1 Å². The molecule has 0 saturated carbocycles. The first-order valence-electron chi connectivity index (χ1n) is 5.65. The molecule has 0 aliphatic carbocycles. The van der Waals surface area contributed by atoms with Crippen LogP contribution in [-0.4, -0.2) is 22.1 Å². The van der Waals surface area contributed by atoms with Gasteiger partial charge < -0.3 is 4.74 Å². The average Bonchev–Trinajstić information content (AvgIpc) is 2.29. The lowest BCUT2D eigenvalue weighted by Gasteiger charge is -2.11. The van der Waals surface area contributed by atoms with E-state index in [2.05, 4.69) is 4.72 Å². The lowest BCUT2D eigenvalue weighted by atomic mass is 10.2. The summed E-state index contributed by atoms with van der Waals surface area (Å²) in [4.78, 5) is 0.205. The van der Waals surface area contributed by atoms with Gasteiger partial charge in [0.05, 0.1) is 7.11 Å². The second-order valence-electron chi connectivity index (χ2n) is 3.91. The van der Waals surface area contributed by atoms with Gasteiger partial charge in [-0.15, -0.1) is 0 Å². The van der Waals surface area contributed by atoms with Crippen molar-refractivity contribution in [3.8, 4) is 5.75 Å². The van der Waals surface area contributed by atoms with Gasteiger partial charge in [-0.05, 0) is 31.0 Å². The van der Waals surface area contributed by atoms with Gasteiger partial charge in [0, 0.05) is 6.54 Å². The van der Waals surface area contributed by atoms with Crippen LogP contribution in [0.1, 0.15) is 25.3 Å². The second kappa shape index (κ2) is 6.02. The molecule has 96 valence electrons. The Morgan fingerprint density at radius 3 is 2.65 bits per heavy atom. The van der Waals surface area contributed by atoms with Crippen LogP contribution in [0.15, 0.2) is 23.1 Å². The maximum atomic E-state index is 12.0. The Labute approximate surface area is 103 Å². The first-order valence-corrected chi connectivity index (χ1v) is 7.14. The highest BCUT2D eigenvalue weighted by atomic mass is 32.2. The fraction of sp³-hybridized carbons (Fsp3) is 0.500. The number of nitrogens with one attached hydrogen (secondary N) is 1. The Morgan fingerprint density at radius 2 is 2.06 bits per heavy atom. The maximum absolute atomic E-state index is 12.0. The Morgan fingerprint density at radius 1 is 1.35 bits per heavy atom. The third kappa shape index (κ3) is 3.71. The fourth-order valence-electron chi connectivity index (χ4n) is 1.45. The molecule has 0 saturated heterocycles. The van der Waals surface area contributed by atoms with Gasteiger partial charge in [0.2, 0.25) is 10.0 Å². The normalized spacial score (nSPS) is 11.5. The molecule has 0 fully saturated rings. The Balaban J connectivity index is 3.00. The van der Waals surface area contributed by atoms with Crippen LogP contribution in [0.4, 0.5) is 0 Å². The number of hydrogen-bond acceptors (Lipinski definition) is 3. The molecule has 0 amide bonds. The summed E-state index contributed by atoms with van der Waals surface area (Å²) in [5.41, 5.74) is 0.890. The molecule has 0 bridgehead atoms. The van der Waals surface area contributed by atoms with Gasteiger partial charge >= 0.3 is 0 Å². The molecule has 0 unspecified atom stereocenters.